The van der Waals surface area contributed by atoms with E-state index >= 15 is 0 Å². The van der Waals surface area contributed by atoms with Gasteiger partial charge in [-0.1, -0.05) is 29.8 Å². The maximum absolute atomic E-state index is 13.4. The van der Waals surface area contributed by atoms with Crippen molar-refractivity contribution in [1.82, 2.24) is 9.38 Å². The minimum absolute atomic E-state index is 0.100. The van der Waals surface area contributed by atoms with Crippen LogP contribution in [0, 0.1) is 20.8 Å². The summed E-state index contributed by atoms with van der Waals surface area (Å²) in [5.74, 6) is 0.716. The van der Waals surface area contributed by atoms with Crippen LogP contribution in [0.15, 0.2) is 74.7 Å². The Labute approximate surface area is 187 Å². The number of hydrogen-bond donors (Lipinski definition) is 1. The second kappa shape index (κ2) is 7.39. The minimum Gasteiger partial charge on any atom is -0.463 e. The third kappa shape index (κ3) is 3.33. The van der Waals surface area contributed by atoms with Gasteiger partial charge in [-0.2, -0.15) is 0 Å². The topological polar surface area (TPSA) is 59.5 Å². The van der Waals surface area contributed by atoms with E-state index in [-0.39, 0.29) is 5.43 Å². The Morgan fingerprint density at radius 1 is 1.03 bits per heavy atom. The van der Waals surface area contributed by atoms with Gasteiger partial charge in [0.2, 0.25) is 5.43 Å². The van der Waals surface area contributed by atoms with Gasteiger partial charge in [0.05, 0.1) is 10.9 Å². The number of anilines is 2. The molecule has 0 aliphatic carbocycles. The highest BCUT2D eigenvalue weighted by Gasteiger charge is 2.20. The number of rotatable bonds is 3. The molecule has 0 saturated carbocycles. The van der Waals surface area contributed by atoms with Crippen LogP contribution < -0.4 is 10.7 Å². The summed E-state index contributed by atoms with van der Waals surface area (Å²) in [7, 11) is 0. The zero-order valence-corrected chi connectivity index (χ0v) is 18.9. The lowest BCUT2D eigenvalue weighted by Crippen LogP contribution is -2.07. The molecular weight excluding hydrogens is 454 g/mol. The SMILES string of the molecule is Cc1ccc2occ(-c3nc4ccc(Br)cn4c3Nc3c(C)cccc3C)c(=O)c2c1. The van der Waals surface area contributed by atoms with Gasteiger partial charge < -0.3 is 9.73 Å². The Balaban J connectivity index is 1.80. The Hall–Kier alpha value is -3.38. The molecule has 0 aliphatic heterocycles. The highest BCUT2D eigenvalue weighted by atomic mass is 79.9. The molecule has 31 heavy (non-hydrogen) atoms. The normalized spacial score (nSPS) is 11.4. The number of aromatic nitrogens is 2. The third-order valence-electron chi connectivity index (χ3n) is 5.49. The van der Waals surface area contributed by atoms with Crippen LogP contribution in [0.2, 0.25) is 0 Å². The summed E-state index contributed by atoms with van der Waals surface area (Å²) in [5.41, 5.74) is 6.39. The molecule has 0 spiro atoms. The van der Waals surface area contributed by atoms with E-state index in [1.165, 1.54) is 6.26 Å². The second-order valence-corrected chi connectivity index (χ2v) is 8.67. The average Bonchev–Trinajstić information content (AvgIpc) is 3.09. The first-order chi connectivity index (χ1) is 14.9. The standard InChI is InChI=1S/C25H20BrN3O2/c1-14-7-9-20-18(11-14)24(30)19(13-31-20)23-25(28-22-15(2)5-4-6-16(22)3)29-12-17(26)8-10-21(29)27-23/h4-13,28H,1-3H3. The van der Waals surface area contributed by atoms with E-state index in [4.69, 9.17) is 9.40 Å². The number of pyridine rings is 1. The average molecular weight is 474 g/mol. The summed E-state index contributed by atoms with van der Waals surface area (Å²) in [4.78, 5) is 18.2. The van der Waals surface area contributed by atoms with Gasteiger partial charge in [0.1, 0.15) is 29.0 Å². The fourth-order valence-electron chi connectivity index (χ4n) is 3.86. The van der Waals surface area contributed by atoms with Crippen LogP contribution in [0.3, 0.4) is 0 Å². The number of nitrogens with one attached hydrogen (secondary N) is 1. The van der Waals surface area contributed by atoms with Crippen LogP contribution in [-0.2, 0) is 0 Å². The van der Waals surface area contributed by atoms with E-state index in [0.29, 0.717) is 28.0 Å². The summed E-state index contributed by atoms with van der Waals surface area (Å²) in [6, 6.07) is 15.6. The first kappa shape index (κ1) is 19.6. The van der Waals surface area contributed by atoms with E-state index < -0.39 is 0 Å². The smallest absolute Gasteiger partial charge is 0.202 e. The molecule has 154 valence electrons. The number of benzene rings is 2. The van der Waals surface area contributed by atoms with Crippen LogP contribution in [0.25, 0.3) is 27.9 Å². The van der Waals surface area contributed by atoms with E-state index in [1.54, 1.807) is 0 Å². The van der Waals surface area contributed by atoms with Gasteiger partial charge in [-0.15, -0.1) is 0 Å². The van der Waals surface area contributed by atoms with E-state index in [2.05, 4.69) is 47.2 Å². The van der Waals surface area contributed by atoms with Crippen LogP contribution in [0.5, 0.6) is 0 Å². The molecule has 0 amide bonds. The van der Waals surface area contributed by atoms with Gasteiger partial charge in [0.25, 0.3) is 0 Å². The molecule has 5 aromatic rings. The maximum Gasteiger partial charge on any atom is 0.202 e. The lowest BCUT2D eigenvalue weighted by molar-refractivity contribution is 0.604. The van der Waals surface area contributed by atoms with E-state index in [0.717, 1.165) is 32.5 Å². The number of hydrogen-bond acceptors (Lipinski definition) is 4. The number of aryl methyl sites for hydroxylation is 3. The zero-order valence-electron chi connectivity index (χ0n) is 17.4. The molecule has 0 radical (unpaired) electrons. The first-order valence-corrected chi connectivity index (χ1v) is 10.7. The molecule has 2 aromatic carbocycles. The van der Waals surface area contributed by atoms with Crippen LogP contribution in [-0.4, -0.2) is 9.38 Å². The molecule has 0 unspecified atom stereocenters. The Morgan fingerprint density at radius 3 is 2.58 bits per heavy atom. The van der Waals surface area contributed by atoms with Crippen molar-refractivity contribution in [2.45, 2.75) is 20.8 Å². The predicted molar refractivity (Wildman–Crippen MR) is 128 cm³/mol. The summed E-state index contributed by atoms with van der Waals surface area (Å²) in [6.07, 6.45) is 3.45. The summed E-state index contributed by atoms with van der Waals surface area (Å²) < 4.78 is 8.68. The number of fused-ring (bicyclic) bond motifs is 2. The molecule has 3 heterocycles. The summed E-state index contributed by atoms with van der Waals surface area (Å²) in [6.45, 7) is 6.07. The Morgan fingerprint density at radius 2 is 1.81 bits per heavy atom. The van der Waals surface area contributed by atoms with Crippen LogP contribution in [0.4, 0.5) is 11.5 Å². The predicted octanol–water partition coefficient (Wildman–Crippen LogP) is 6.54. The number of halogens is 1. The lowest BCUT2D eigenvalue weighted by atomic mass is 10.1. The maximum atomic E-state index is 13.4. The van der Waals surface area contributed by atoms with Crippen molar-refractivity contribution in [3.05, 3.63) is 92.4 Å². The Kier molecular flexibility index (Phi) is 4.67. The fourth-order valence-corrected chi connectivity index (χ4v) is 4.20. The lowest BCUT2D eigenvalue weighted by Gasteiger charge is -2.14. The minimum atomic E-state index is -0.100. The molecular formula is C25H20BrN3O2. The quantitative estimate of drug-likeness (QED) is 0.323. The van der Waals surface area contributed by atoms with E-state index in [9.17, 15) is 4.79 Å². The van der Waals surface area contributed by atoms with Crippen molar-refractivity contribution >= 4 is 44.1 Å². The molecule has 0 bridgehead atoms. The highest BCUT2D eigenvalue weighted by Crippen LogP contribution is 2.33. The van der Waals surface area contributed by atoms with Crippen molar-refractivity contribution in [1.29, 1.82) is 0 Å². The molecule has 5 nitrogen and oxygen atoms in total. The second-order valence-electron chi connectivity index (χ2n) is 7.75. The largest absolute Gasteiger partial charge is 0.463 e. The van der Waals surface area contributed by atoms with Gasteiger partial charge in [-0.3, -0.25) is 9.20 Å². The van der Waals surface area contributed by atoms with Gasteiger partial charge in [0.15, 0.2) is 0 Å². The van der Waals surface area contributed by atoms with Crippen molar-refractivity contribution in [2.75, 3.05) is 5.32 Å². The molecule has 0 atom stereocenters. The number of para-hydroxylation sites is 1. The number of imidazole rings is 1. The van der Waals surface area contributed by atoms with Crippen molar-refractivity contribution < 1.29 is 4.42 Å². The first-order valence-electron chi connectivity index (χ1n) is 9.96. The molecule has 3 aromatic heterocycles. The summed E-state index contributed by atoms with van der Waals surface area (Å²) >= 11 is 3.54. The molecule has 0 fully saturated rings. The van der Waals surface area contributed by atoms with Crippen molar-refractivity contribution in [3.63, 3.8) is 0 Å². The van der Waals surface area contributed by atoms with Gasteiger partial charge >= 0.3 is 0 Å². The highest BCUT2D eigenvalue weighted by molar-refractivity contribution is 9.10. The van der Waals surface area contributed by atoms with Crippen LogP contribution in [0.1, 0.15) is 16.7 Å². The molecule has 1 N–H and O–H groups in total. The van der Waals surface area contributed by atoms with Gasteiger partial charge in [0, 0.05) is 16.4 Å². The molecule has 0 aliphatic rings. The third-order valence-corrected chi connectivity index (χ3v) is 5.96. The summed E-state index contributed by atoms with van der Waals surface area (Å²) in [5, 5.41) is 4.09. The zero-order chi connectivity index (χ0) is 21.7. The fraction of sp³-hybridized carbons (Fsp3) is 0.120. The molecule has 6 heteroatoms. The van der Waals surface area contributed by atoms with E-state index in [1.807, 2.05) is 53.9 Å². The monoisotopic (exact) mass is 473 g/mol. The van der Waals surface area contributed by atoms with Gasteiger partial charge in [-0.05, 0) is 72.1 Å². The van der Waals surface area contributed by atoms with Crippen molar-refractivity contribution in [2.24, 2.45) is 0 Å². The molecule has 0 saturated heterocycles. The number of nitrogens with zero attached hydrogens (tertiary/aromatic N) is 2. The van der Waals surface area contributed by atoms with Gasteiger partial charge in [-0.25, -0.2) is 4.98 Å². The van der Waals surface area contributed by atoms with Crippen LogP contribution >= 0.6 is 15.9 Å². The van der Waals surface area contributed by atoms with Crippen molar-refractivity contribution in [3.8, 4) is 11.3 Å². The Bertz CT molecular complexity index is 1510. The molecule has 5 rings (SSSR count).